The number of likely N-dealkylation sites (tertiary alicyclic amines) is 1. The Balaban J connectivity index is 1.73. The number of hydrogen-bond acceptors (Lipinski definition) is 3. The van der Waals surface area contributed by atoms with Crippen LogP contribution in [0.15, 0.2) is 0 Å². The third kappa shape index (κ3) is 4.68. The van der Waals surface area contributed by atoms with Gasteiger partial charge in [-0.05, 0) is 51.9 Å². The number of nitrogens with two attached hydrogens (primary N) is 1. The average molecular weight is 268 g/mol. The zero-order valence-electron chi connectivity index (χ0n) is 12.5. The van der Waals surface area contributed by atoms with Gasteiger partial charge in [0.2, 0.25) is 0 Å². The van der Waals surface area contributed by atoms with E-state index < -0.39 is 5.60 Å². The Morgan fingerprint density at radius 1 is 1.37 bits per heavy atom. The molecule has 0 aromatic heterocycles. The Morgan fingerprint density at radius 3 is 2.63 bits per heavy atom. The number of ether oxygens (including phenoxy) is 1. The van der Waals surface area contributed by atoms with Gasteiger partial charge in [-0.3, -0.25) is 0 Å². The molecular formula is C15H28N2O2. The zero-order chi connectivity index (χ0) is 14.0. The molecule has 1 amide bonds. The fourth-order valence-corrected chi connectivity index (χ4v) is 2.70. The van der Waals surface area contributed by atoms with Crippen LogP contribution in [0.3, 0.4) is 0 Å². The molecule has 1 saturated heterocycles. The number of hydrogen-bond donors (Lipinski definition) is 1. The van der Waals surface area contributed by atoms with Crippen LogP contribution in [0.2, 0.25) is 0 Å². The molecule has 2 rings (SSSR count). The van der Waals surface area contributed by atoms with E-state index in [1.165, 1.54) is 19.3 Å². The van der Waals surface area contributed by atoms with E-state index >= 15 is 0 Å². The molecule has 2 atom stereocenters. The molecule has 2 aliphatic rings. The van der Waals surface area contributed by atoms with Crippen LogP contribution in [-0.2, 0) is 4.74 Å². The van der Waals surface area contributed by atoms with Crippen molar-refractivity contribution in [1.82, 2.24) is 4.90 Å². The molecule has 0 bridgehead atoms. The second kappa shape index (κ2) is 5.70. The van der Waals surface area contributed by atoms with Crippen molar-refractivity contribution in [3.05, 3.63) is 0 Å². The van der Waals surface area contributed by atoms with Crippen LogP contribution in [0.5, 0.6) is 0 Å². The van der Waals surface area contributed by atoms with Crippen LogP contribution >= 0.6 is 0 Å². The van der Waals surface area contributed by atoms with Crippen molar-refractivity contribution < 1.29 is 9.53 Å². The van der Waals surface area contributed by atoms with Gasteiger partial charge in [-0.1, -0.05) is 12.8 Å². The summed E-state index contributed by atoms with van der Waals surface area (Å²) in [6.07, 6.45) is 5.99. The summed E-state index contributed by atoms with van der Waals surface area (Å²) in [5, 5.41) is 0. The standard InChI is InChI=1S/C15H28N2O2/c1-15(2,3)19-14(18)17-9-8-12(10-17)13(16)7-6-11-4-5-11/h11-13H,4-10,16H2,1-3H3. The second-order valence-corrected chi connectivity index (χ2v) is 7.16. The molecule has 2 N–H and O–H groups in total. The van der Waals surface area contributed by atoms with E-state index in [0.29, 0.717) is 5.92 Å². The van der Waals surface area contributed by atoms with Gasteiger partial charge in [-0.25, -0.2) is 4.79 Å². The molecule has 1 heterocycles. The Bertz CT molecular complexity index is 321. The van der Waals surface area contributed by atoms with Crippen LogP contribution in [0.1, 0.15) is 52.9 Å². The van der Waals surface area contributed by atoms with Gasteiger partial charge in [-0.15, -0.1) is 0 Å². The summed E-state index contributed by atoms with van der Waals surface area (Å²) >= 11 is 0. The minimum absolute atomic E-state index is 0.190. The molecule has 0 aromatic carbocycles. The molecule has 110 valence electrons. The largest absolute Gasteiger partial charge is 0.444 e. The number of rotatable bonds is 4. The average Bonchev–Trinajstić information content (AvgIpc) is 2.98. The van der Waals surface area contributed by atoms with Gasteiger partial charge in [0.15, 0.2) is 0 Å². The number of nitrogens with zero attached hydrogens (tertiary/aromatic N) is 1. The highest BCUT2D eigenvalue weighted by atomic mass is 16.6. The molecule has 4 nitrogen and oxygen atoms in total. The SMILES string of the molecule is CC(C)(C)OC(=O)N1CCC(C(N)CCC2CC2)C1. The van der Waals surface area contributed by atoms with Gasteiger partial charge in [0, 0.05) is 19.1 Å². The summed E-state index contributed by atoms with van der Waals surface area (Å²) in [5.41, 5.74) is 5.85. The first-order valence-electron chi connectivity index (χ1n) is 7.58. The minimum Gasteiger partial charge on any atom is -0.444 e. The molecule has 2 unspecified atom stereocenters. The van der Waals surface area contributed by atoms with Crippen LogP contribution in [0.25, 0.3) is 0 Å². The van der Waals surface area contributed by atoms with Gasteiger partial charge in [0.05, 0.1) is 0 Å². The van der Waals surface area contributed by atoms with Gasteiger partial charge >= 0.3 is 6.09 Å². The van der Waals surface area contributed by atoms with Crippen molar-refractivity contribution >= 4 is 6.09 Å². The van der Waals surface area contributed by atoms with Crippen molar-refractivity contribution in [2.24, 2.45) is 17.6 Å². The number of amides is 1. The van der Waals surface area contributed by atoms with Crippen LogP contribution in [0, 0.1) is 11.8 Å². The van der Waals surface area contributed by atoms with Crippen molar-refractivity contribution in [2.45, 2.75) is 64.5 Å². The Morgan fingerprint density at radius 2 is 2.05 bits per heavy atom. The molecule has 1 aliphatic carbocycles. The summed E-state index contributed by atoms with van der Waals surface area (Å²) in [4.78, 5) is 13.8. The Kier molecular flexibility index (Phi) is 4.39. The van der Waals surface area contributed by atoms with Gasteiger partial charge in [-0.2, -0.15) is 0 Å². The molecule has 19 heavy (non-hydrogen) atoms. The lowest BCUT2D eigenvalue weighted by molar-refractivity contribution is 0.0286. The van der Waals surface area contributed by atoms with Gasteiger partial charge in [0.1, 0.15) is 5.60 Å². The molecule has 1 aliphatic heterocycles. The summed E-state index contributed by atoms with van der Waals surface area (Å²) < 4.78 is 5.40. The third-order valence-corrected chi connectivity index (χ3v) is 4.09. The summed E-state index contributed by atoms with van der Waals surface area (Å²) in [6, 6.07) is 0.244. The summed E-state index contributed by atoms with van der Waals surface area (Å²) in [6.45, 7) is 7.26. The number of carbonyl (C=O) groups is 1. The van der Waals surface area contributed by atoms with Crippen molar-refractivity contribution in [1.29, 1.82) is 0 Å². The topological polar surface area (TPSA) is 55.6 Å². The molecule has 1 saturated carbocycles. The molecule has 0 spiro atoms. The predicted molar refractivity (Wildman–Crippen MR) is 75.8 cm³/mol. The molecule has 0 radical (unpaired) electrons. The molecular weight excluding hydrogens is 240 g/mol. The highest BCUT2D eigenvalue weighted by molar-refractivity contribution is 5.68. The fraction of sp³-hybridized carbons (Fsp3) is 0.933. The normalized spacial score (nSPS) is 25.5. The first-order valence-corrected chi connectivity index (χ1v) is 7.58. The highest BCUT2D eigenvalue weighted by Gasteiger charge is 2.33. The van der Waals surface area contributed by atoms with E-state index in [9.17, 15) is 4.79 Å². The maximum Gasteiger partial charge on any atom is 0.410 e. The van der Waals surface area contributed by atoms with E-state index in [0.717, 1.165) is 31.8 Å². The smallest absolute Gasteiger partial charge is 0.410 e. The lowest BCUT2D eigenvalue weighted by atomic mass is 9.95. The van der Waals surface area contributed by atoms with Crippen LogP contribution in [0.4, 0.5) is 4.79 Å². The quantitative estimate of drug-likeness (QED) is 0.853. The minimum atomic E-state index is -0.413. The van der Waals surface area contributed by atoms with E-state index in [1.54, 1.807) is 0 Å². The van der Waals surface area contributed by atoms with E-state index in [2.05, 4.69) is 0 Å². The molecule has 2 fully saturated rings. The van der Waals surface area contributed by atoms with E-state index in [1.807, 2.05) is 25.7 Å². The maximum absolute atomic E-state index is 12.0. The first kappa shape index (κ1) is 14.6. The first-order chi connectivity index (χ1) is 8.85. The predicted octanol–water partition coefficient (Wildman–Crippen LogP) is 2.76. The third-order valence-electron chi connectivity index (χ3n) is 4.09. The van der Waals surface area contributed by atoms with Crippen LogP contribution in [-0.4, -0.2) is 35.7 Å². The van der Waals surface area contributed by atoms with Gasteiger partial charge < -0.3 is 15.4 Å². The van der Waals surface area contributed by atoms with Crippen molar-refractivity contribution in [3.63, 3.8) is 0 Å². The second-order valence-electron chi connectivity index (χ2n) is 7.16. The fourth-order valence-electron chi connectivity index (χ4n) is 2.70. The van der Waals surface area contributed by atoms with E-state index in [-0.39, 0.29) is 12.1 Å². The lowest BCUT2D eigenvalue weighted by Gasteiger charge is -2.25. The summed E-state index contributed by atoms with van der Waals surface area (Å²) in [7, 11) is 0. The monoisotopic (exact) mass is 268 g/mol. The molecule has 4 heteroatoms. The molecule has 0 aromatic rings. The summed E-state index contributed by atoms with van der Waals surface area (Å²) in [5.74, 6) is 1.39. The van der Waals surface area contributed by atoms with Crippen molar-refractivity contribution in [2.75, 3.05) is 13.1 Å². The van der Waals surface area contributed by atoms with Gasteiger partial charge in [0.25, 0.3) is 0 Å². The number of carbonyl (C=O) groups excluding carboxylic acids is 1. The zero-order valence-corrected chi connectivity index (χ0v) is 12.5. The Hall–Kier alpha value is -0.770. The highest BCUT2D eigenvalue weighted by Crippen LogP contribution is 2.35. The van der Waals surface area contributed by atoms with Crippen molar-refractivity contribution in [3.8, 4) is 0 Å². The lowest BCUT2D eigenvalue weighted by Crippen LogP contribution is -2.37. The van der Waals surface area contributed by atoms with E-state index in [4.69, 9.17) is 10.5 Å². The van der Waals surface area contributed by atoms with Crippen LogP contribution < -0.4 is 5.73 Å². The maximum atomic E-state index is 12.0. The Labute approximate surface area is 116 Å².